The molecule has 3 aliphatic heterocycles. The maximum Gasteiger partial charge on any atom is 0.303 e. The molecular weight excluding hydrogens is 324 g/mol. The molecule has 0 unspecified atom stereocenters. The zero-order chi connectivity index (χ0) is 16.4. The van der Waals surface area contributed by atoms with Gasteiger partial charge in [0.2, 0.25) is 5.95 Å². The summed E-state index contributed by atoms with van der Waals surface area (Å²) in [6.07, 6.45) is 1.55. The maximum absolute atomic E-state index is 10.9. The summed E-state index contributed by atoms with van der Waals surface area (Å²) in [6.45, 7) is 5.21. The standard InChI is InChI=1S/C17H22N4O2S/c1-9-2-3-21(9)17-18-14-8-24-7-13(14)16(19-17)20-5-11-10(4-15(22)23)12(11)6-20/h9-12H,2-8H2,1H3,(H,22,23)/t9-,10-,11-,12+/m0/s1. The van der Waals surface area contributed by atoms with Crippen molar-refractivity contribution in [3.8, 4) is 0 Å². The minimum absolute atomic E-state index is 0.331. The number of piperidine rings is 1. The van der Waals surface area contributed by atoms with E-state index in [0.29, 0.717) is 30.2 Å². The SMILES string of the molecule is C[C@H]1CCN1c1nc2c(c(N3C[C@@H]4[C@@H](CC(=O)O)[C@@H]4C3)n1)CSC2. The highest BCUT2D eigenvalue weighted by molar-refractivity contribution is 7.98. The van der Waals surface area contributed by atoms with Gasteiger partial charge in [-0.05, 0) is 31.1 Å². The Morgan fingerprint density at radius 1 is 1.29 bits per heavy atom. The van der Waals surface area contributed by atoms with Gasteiger partial charge in [0.1, 0.15) is 5.82 Å². The normalized spacial score (nSPS) is 33.2. The Bertz CT molecular complexity index is 700. The fraction of sp³-hybridized carbons (Fsp3) is 0.706. The van der Waals surface area contributed by atoms with Crippen LogP contribution >= 0.6 is 11.8 Å². The van der Waals surface area contributed by atoms with Crippen LogP contribution in [0, 0.1) is 17.8 Å². The van der Waals surface area contributed by atoms with Gasteiger partial charge in [-0.15, -0.1) is 0 Å². The van der Waals surface area contributed by atoms with Crippen molar-refractivity contribution in [2.45, 2.75) is 37.3 Å². The predicted octanol–water partition coefficient (Wildman–Crippen LogP) is 1.98. The van der Waals surface area contributed by atoms with Gasteiger partial charge in [-0.1, -0.05) is 0 Å². The zero-order valence-corrected chi connectivity index (χ0v) is 14.6. The Hall–Kier alpha value is -1.50. The number of nitrogens with zero attached hydrogens (tertiary/aromatic N) is 4. The molecule has 4 aliphatic rings. The summed E-state index contributed by atoms with van der Waals surface area (Å²) in [5.41, 5.74) is 2.52. The van der Waals surface area contributed by atoms with Crippen LogP contribution in [0.1, 0.15) is 31.0 Å². The molecule has 1 N–H and O–H groups in total. The summed E-state index contributed by atoms with van der Waals surface area (Å²) in [6, 6.07) is 0.539. The number of hydrogen-bond acceptors (Lipinski definition) is 6. The largest absolute Gasteiger partial charge is 0.481 e. The lowest BCUT2D eigenvalue weighted by Crippen LogP contribution is -2.47. The number of aliphatic carboxylic acids is 1. The molecule has 1 aromatic heterocycles. The van der Waals surface area contributed by atoms with Gasteiger partial charge in [0.05, 0.1) is 5.69 Å². The number of aromatic nitrogens is 2. The lowest BCUT2D eigenvalue weighted by atomic mass is 10.1. The summed E-state index contributed by atoms with van der Waals surface area (Å²) in [5.74, 6) is 4.84. The highest BCUT2D eigenvalue weighted by atomic mass is 32.2. The number of hydrogen-bond donors (Lipinski definition) is 1. The van der Waals surface area contributed by atoms with Gasteiger partial charge in [0, 0.05) is 49.2 Å². The van der Waals surface area contributed by atoms with Crippen LogP contribution in [-0.2, 0) is 16.3 Å². The highest BCUT2D eigenvalue weighted by Crippen LogP contribution is 2.55. The van der Waals surface area contributed by atoms with E-state index >= 15 is 0 Å². The Morgan fingerprint density at radius 2 is 2.08 bits per heavy atom. The molecule has 0 amide bonds. The number of carboxylic acid groups (broad SMARTS) is 1. The molecule has 1 aromatic rings. The maximum atomic E-state index is 10.9. The van der Waals surface area contributed by atoms with Crippen molar-refractivity contribution < 1.29 is 9.90 Å². The fourth-order valence-electron chi connectivity index (χ4n) is 4.55. The first-order valence-electron chi connectivity index (χ1n) is 8.82. The molecule has 4 heterocycles. The third-order valence-electron chi connectivity index (χ3n) is 6.20. The molecular formula is C17H22N4O2S. The summed E-state index contributed by atoms with van der Waals surface area (Å²) < 4.78 is 0. The molecule has 1 saturated carbocycles. The lowest BCUT2D eigenvalue weighted by Gasteiger charge is -2.39. The molecule has 0 bridgehead atoms. The van der Waals surface area contributed by atoms with E-state index in [1.165, 1.54) is 17.7 Å². The van der Waals surface area contributed by atoms with Crippen LogP contribution in [0.2, 0.25) is 0 Å². The summed E-state index contributed by atoms with van der Waals surface area (Å²) in [5, 5.41) is 9.00. The van der Waals surface area contributed by atoms with Crippen molar-refractivity contribution in [1.29, 1.82) is 0 Å². The van der Waals surface area contributed by atoms with E-state index in [0.717, 1.165) is 42.9 Å². The average Bonchev–Trinajstić information content (AvgIpc) is 2.97. The molecule has 0 spiro atoms. The molecule has 4 atom stereocenters. The van der Waals surface area contributed by atoms with Crippen LogP contribution in [0.25, 0.3) is 0 Å². The van der Waals surface area contributed by atoms with Crippen LogP contribution in [0.4, 0.5) is 11.8 Å². The number of carbonyl (C=O) groups is 1. The molecule has 7 heteroatoms. The van der Waals surface area contributed by atoms with E-state index in [2.05, 4.69) is 16.7 Å². The van der Waals surface area contributed by atoms with Crippen LogP contribution in [0.5, 0.6) is 0 Å². The van der Waals surface area contributed by atoms with Crippen LogP contribution in [-0.4, -0.2) is 46.7 Å². The highest BCUT2D eigenvalue weighted by Gasteiger charge is 2.56. The Kier molecular flexibility index (Phi) is 3.24. The number of fused-ring (bicyclic) bond motifs is 2. The van der Waals surface area contributed by atoms with Crippen molar-refractivity contribution >= 4 is 29.5 Å². The van der Waals surface area contributed by atoms with E-state index in [1.54, 1.807) is 0 Å². The second kappa shape index (κ2) is 5.25. The summed E-state index contributed by atoms with van der Waals surface area (Å²) in [7, 11) is 0. The Labute approximate surface area is 145 Å². The zero-order valence-electron chi connectivity index (χ0n) is 13.8. The van der Waals surface area contributed by atoms with Crippen LogP contribution < -0.4 is 9.80 Å². The number of rotatable bonds is 4. The van der Waals surface area contributed by atoms with E-state index in [4.69, 9.17) is 15.1 Å². The van der Waals surface area contributed by atoms with Crippen molar-refractivity contribution in [2.24, 2.45) is 17.8 Å². The predicted molar refractivity (Wildman–Crippen MR) is 93.4 cm³/mol. The van der Waals surface area contributed by atoms with E-state index in [1.807, 2.05) is 11.8 Å². The average molecular weight is 346 g/mol. The van der Waals surface area contributed by atoms with Gasteiger partial charge in [0.25, 0.3) is 0 Å². The molecule has 3 fully saturated rings. The topological polar surface area (TPSA) is 69.6 Å². The first-order chi connectivity index (χ1) is 11.6. The molecule has 0 aromatic carbocycles. The fourth-order valence-corrected chi connectivity index (χ4v) is 5.59. The Morgan fingerprint density at radius 3 is 2.71 bits per heavy atom. The first kappa shape index (κ1) is 14.8. The van der Waals surface area contributed by atoms with Crippen molar-refractivity contribution in [2.75, 3.05) is 29.4 Å². The van der Waals surface area contributed by atoms with Gasteiger partial charge >= 0.3 is 5.97 Å². The monoisotopic (exact) mass is 346 g/mol. The van der Waals surface area contributed by atoms with Crippen LogP contribution in [0.3, 0.4) is 0 Å². The van der Waals surface area contributed by atoms with Gasteiger partial charge in [-0.3, -0.25) is 4.79 Å². The van der Waals surface area contributed by atoms with E-state index < -0.39 is 5.97 Å². The summed E-state index contributed by atoms with van der Waals surface area (Å²) in [4.78, 5) is 25.4. The minimum atomic E-state index is -0.658. The number of thioether (sulfide) groups is 1. The number of carboxylic acids is 1. The molecule has 6 nitrogen and oxygen atoms in total. The molecule has 5 rings (SSSR count). The van der Waals surface area contributed by atoms with Gasteiger partial charge in [0.15, 0.2) is 0 Å². The molecule has 128 valence electrons. The lowest BCUT2D eigenvalue weighted by molar-refractivity contribution is -0.137. The van der Waals surface area contributed by atoms with E-state index in [9.17, 15) is 4.79 Å². The van der Waals surface area contributed by atoms with Gasteiger partial charge in [-0.25, -0.2) is 4.98 Å². The summed E-state index contributed by atoms with van der Waals surface area (Å²) >= 11 is 1.92. The molecule has 1 aliphatic carbocycles. The van der Waals surface area contributed by atoms with Crippen molar-refractivity contribution in [3.05, 3.63) is 11.3 Å². The molecule has 2 saturated heterocycles. The van der Waals surface area contributed by atoms with Crippen LogP contribution in [0.15, 0.2) is 0 Å². The second-order valence-corrected chi connectivity index (χ2v) is 8.58. The van der Waals surface area contributed by atoms with Crippen molar-refractivity contribution in [3.63, 3.8) is 0 Å². The second-order valence-electron chi connectivity index (χ2n) is 7.59. The third kappa shape index (κ3) is 2.20. The Balaban J connectivity index is 1.40. The number of anilines is 2. The first-order valence-corrected chi connectivity index (χ1v) is 9.98. The molecule has 24 heavy (non-hydrogen) atoms. The van der Waals surface area contributed by atoms with E-state index in [-0.39, 0.29) is 0 Å². The van der Waals surface area contributed by atoms with Crippen molar-refractivity contribution in [1.82, 2.24) is 9.97 Å². The van der Waals surface area contributed by atoms with Gasteiger partial charge in [-0.2, -0.15) is 16.7 Å². The molecule has 0 radical (unpaired) electrons. The van der Waals surface area contributed by atoms with Gasteiger partial charge < -0.3 is 14.9 Å². The minimum Gasteiger partial charge on any atom is -0.481 e. The third-order valence-corrected chi connectivity index (χ3v) is 7.17. The quantitative estimate of drug-likeness (QED) is 0.894. The smallest absolute Gasteiger partial charge is 0.303 e.